The Balaban J connectivity index is 2.08. The first-order valence-electron chi connectivity index (χ1n) is 6.84. The summed E-state index contributed by atoms with van der Waals surface area (Å²) in [6.45, 7) is 0. The zero-order chi connectivity index (χ0) is 12.8. The van der Waals surface area contributed by atoms with Gasteiger partial charge in [0.25, 0.3) is 0 Å². The van der Waals surface area contributed by atoms with Gasteiger partial charge in [-0.2, -0.15) is 0 Å². The van der Waals surface area contributed by atoms with Crippen molar-refractivity contribution in [1.29, 1.82) is 0 Å². The predicted molar refractivity (Wildman–Crippen MR) is 70.9 cm³/mol. The van der Waals surface area contributed by atoms with Crippen LogP contribution in [0.3, 0.4) is 0 Å². The second kappa shape index (κ2) is 6.53. The molecule has 0 saturated heterocycles. The van der Waals surface area contributed by atoms with Gasteiger partial charge in [0.05, 0.1) is 13.3 Å². The van der Waals surface area contributed by atoms with Crippen LogP contribution in [0.5, 0.6) is 5.75 Å². The molecule has 0 amide bonds. The summed E-state index contributed by atoms with van der Waals surface area (Å²) in [5.41, 5.74) is 0.694. The molecule has 0 N–H and O–H groups in total. The highest BCUT2D eigenvalue weighted by Crippen LogP contribution is 2.26. The van der Waals surface area contributed by atoms with Crippen molar-refractivity contribution in [2.75, 3.05) is 7.11 Å². The van der Waals surface area contributed by atoms with Crippen molar-refractivity contribution in [3.63, 3.8) is 0 Å². The van der Waals surface area contributed by atoms with Crippen molar-refractivity contribution in [3.8, 4) is 5.75 Å². The van der Waals surface area contributed by atoms with Crippen LogP contribution in [0.1, 0.15) is 55.3 Å². The molecular weight excluding hydrogens is 226 g/mol. The Morgan fingerprint density at radius 2 is 1.83 bits per heavy atom. The molecule has 0 atom stereocenters. The molecule has 1 aliphatic carbocycles. The number of Topliss-reactive ketones (excluding diaryl/α,β-unsaturated/α-hetero) is 1. The molecule has 0 aromatic carbocycles. The van der Waals surface area contributed by atoms with E-state index < -0.39 is 0 Å². The maximum Gasteiger partial charge on any atom is 0.167 e. The minimum absolute atomic E-state index is 0.180. The van der Waals surface area contributed by atoms with Crippen LogP contribution in [0, 0.1) is 5.92 Å². The number of rotatable bonds is 3. The van der Waals surface area contributed by atoms with Crippen LogP contribution in [0.2, 0.25) is 0 Å². The molecule has 0 unspecified atom stereocenters. The van der Waals surface area contributed by atoms with Crippen LogP contribution in [-0.2, 0) is 0 Å². The lowest BCUT2D eigenvalue weighted by Gasteiger charge is -2.18. The van der Waals surface area contributed by atoms with E-state index >= 15 is 0 Å². The third-order valence-corrected chi connectivity index (χ3v) is 3.71. The Morgan fingerprint density at radius 3 is 2.50 bits per heavy atom. The first kappa shape index (κ1) is 13.1. The van der Waals surface area contributed by atoms with Crippen molar-refractivity contribution in [3.05, 3.63) is 24.0 Å². The monoisotopic (exact) mass is 247 g/mol. The van der Waals surface area contributed by atoms with Gasteiger partial charge in [-0.3, -0.25) is 9.78 Å². The molecule has 1 aromatic heterocycles. The predicted octanol–water partition coefficient (Wildman–Crippen LogP) is 3.63. The summed E-state index contributed by atoms with van der Waals surface area (Å²) in [6.07, 6.45) is 11.5. The highest BCUT2D eigenvalue weighted by atomic mass is 16.5. The quantitative estimate of drug-likeness (QED) is 0.765. The second-order valence-electron chi connectivity index (χ2n) is 5.02. The molecule has 0 spiro atoms. The lowest BCUT2D eigenvalue weighted by Crippen LogP contribution is -2.16. The van der Waals surface area contributed by atoms with Gasteiger partial charge in [0.2, 0.25) is 0 Å². The number of aromatic nitrogens is 1. The molecule has 1 heterocycles. The van der Waals surface area contributed by atoms with Gasteiger partial charge >= 0.3 is 0 Å². The highest BCUT2D eigenvalue weighted by molar-refractivity contribution is 5.97. The topological polar surface area (TPSA) is 39.2 Å². The number of hydrogen-bond acceptors (Lipinski definition) is 3. The van der Waals surface area contributed by atoms with Crippen molar-refractivity contribution < 1.29 is 9.53 Å². The fourth-order valence-corrected chi connectivity index (χ4v) is 2.62. The Kier molecular flexibility index (Phi) is 4.73. The molecule has 0 aliphatic heterocycles. The molecule has 98 valence electrons. The van der Waals surface area contributed by atoms with Gasteiger partial charge in [-0.25, -0.2) is 0 Å². The average molecular weight is 247 g/mol. The van der Waals surface area contributed by atoms with Crippen LogP contribution in [0.15, 0.2) is 18.5 Å². The highest BCUT2D eigenvalue weighted by Gasteiger charge is 2.21. The molecule has 1 aliphatic rings. The smallest absolute Gasteiger partial charge is 0.167 e. The Morgan fingerprint density at radius 1 is 1.17 bits per heavy atom. The number of methoxy groups -OCH3 is 1. The summed E-state index contributed by atoms with van der Waals surface area (Å²) in [5, 5.41) is 0. The van der Waals surface area contributed by atoms with Crippen LogP contribution in [0.4, 0.5) is 0 Å². The number of hydrogen-bond donors (Lipinski definition) is 0. The molecule has 18 heavy (non-hydrogen) atoms. The first-order valence-corrected chi connectivity index (χ1v) is 6.84. The van der Waals surface area contributed by atoms with E-state index in [9.17, 15) is 4.79 Å². The molecule has 2 rings (SSSR count). The summed E-state index contributed by atoms with van der Waals surface area (Å²) in [5.74, 6) is 1.08. The summed E-state index contributed by atoms with van der Waals surface area (Å²) >= 11 is 0. The van der Waals surface area contributed by atoms with E-state index in [1.165, 1.54) is 32.1 Å². The lowest BCUT2D eigenvalue weighted by molar-refractivity contribution is 0.0897. The Hall–Kier alpha value is -1.38. The number of carbonyl (C=O) groups excluding carboxylic acids is 1. The second-order valence-corrected chi connectivity index (χ2v) is 5.02. The molecule has 1 fully saturated rings. The van der Waals surface area contributed by atoms with Gasteiger partial charge in [-0.15, -0.1) is 0 Å². The largest absolute Gasteiger partial charge is 0.495 e. The molecule has 0 bridgehead atoms. The van der Waals surface area contributed by atoms with E-state index in [0.29, 0.717) is 11.3 Å². The zero-order valence-corrected chi connectivity index (χ0v) is 11.0. The Bertz CT molecular complexity index is 395. The normalized spacial score (nSPS) is 17.8. The van der Waals surface area contributed by atoms with Crippen molar-refractivity contribution in [1.82, 2.24) is 4.98 Å². The number of ether oxygens (including phenoxy) is 1. The first-order chi connectivity index (χ1) is 8.81. The third-order valence-electron chi connectivity index (χ3n) is 3.71. The van der Waals surface area contributed by atoms with Crippen LogP contribution < -0.4 is 4.74 Å². The molecule has 1 aromatic rings. The van der Waals surface area contributed by atoms with Crippen LogP contribution in [-0.4, -0.2) is 17.9 Å². The Labute approximate surface area is 109 Å². The number of ketones is 1. The fraction of sp³-hybridized carbons (Fsp3) is 0.600. The van der Waals surface area contributed by atoms with E-state index in [-0.39, 0.29) is 11.7 Å². The molecule has 0 radical (unpaired) electrons. The molecule has 3 heteroatoms. The van der Waals surface area contributed by atoms with Gasteiger partial charge in [0, 0.05) is 17.7 Å². The zero-order valence-electron chi connectivity index (χ0n) is 11.0. The van der Waals surface area contributed by atoms with Gasteiger partial charge in [0.15, 0.2) is 5.78 Å². The van der Waals surface area contributed by atoms with Gasteiger partial charge in [0.1, 0.15) is 5.75 Å². The SMILES string of the molecule is COc1cncc(C(=O)C2CCCCCCC2)c1. The van der Waals surface area contributed by atoms with Crippen molar-refractivity contribution >= 4 is 5.78 Å². The van der Waals surface area contributed by atoms with Crippen molar-refractivity contribution in [2.45, 2.75) is 44.9 Å². The van der Waals surface area contributed by atoms with Crippen LogP contribution >= 0.6 is 0 Å². The standard InChI is InChI=1S/C15H21NO2/c1-18-14-9-13(10-16-11-14)15(17)12-7-5-3-2-4-6-8-12/h9-12H,2-8H2,1H3. The summed E-state index contributed by atoms with van der Waals surface area (Å²) in [4.78, 5) is 16.5. The number of nitrogens with zero attached hydrogens (tertiary/aromatic N) is 1. The maximum absolute atomic E-state index is 12.4. The third kappa shape index (κ3) is 3.31. The fourth-order valence-electron chi connectivity index (χ4n) is 2.62. The minimum Gasteiger partial charge on any atom is -0.495 e. The van der Waals surface area contributed by atoms with Crippen LogP contribution in [0.25, 0.3) is 0 Å². The molecule has 3 nitrogen and oxygen atoms in total. The van der Waals surface area contributed by atoms with E-state index in [1.54, 1.807) is 25.6 Å². The molecular formula is C15H21NO2. The number of carbonyl (C=O) groups is 1. The minimum atomic E-state index is 0.180. The number of pyridine rings is 1. The van der Waals surface area contributed by atoms with E-state index in [0.717, 1.165) is 12.8 Å². The van der Waals surface area contributed by atoms with Gasteiger partial charge in [-0.05, 0) is 18.9 Å². The van der Waals surface area contributed by atoms with Crippen molar-refractivity contribution in [2.24, 2.45) is 5.92 Å². The summed E-state index contributed by atoms with van der Waals surface area (Å²) in [7, 11) is 1.60. The summed E-state index contributed by atoms with van der Waals surface area (Å²) in [6, 6.07) is 1.80. The summed E-state index contributed by atoms with van der Waals surface area (Å²) < 4.78 is 5.12. The van der Waals surface area contributed by atoms with E-state index in [4.69, 9.17) is 4.74 Å². The maximum atomic E-state index is 12.4. The van der Waals surface area contributed by atoms with E-state index in [2.05, 4.69) is 4.98 Å². The van der Waals surface area contributed by atoms with Gasteiger partial charge < -0.3 is 4.74 Å². The average Bonchev–Trinajstić information content (AvgIpc) is 2.38. The lowest BCUT2D eigenvalue weighted by atomic mass is 9.86. The van der Waals surface area contributed by atoms with E-state index in [1.807, 2.05) is 0 Å². The van der Waals surface area contributed by atoms with Gasteiger partial charge in [-0.1, -0.05) is 32.1 Å². The molecule has 1 saturated carbocycles.